The van der Waals surface area contributed by atoms with Gasteiger partial charge in [-0.3, -0.25) is 4.98 Å². The summed E-state index contributed by atoms with van der Waals surface area (Å²) in [4.78, 5) is 8.39. The Bertz CT molecular complexity index is 468. The number of pyridine rings is 2. The third kappa shape index (κ3) is 2.97. The molecule has 0 radical (unpaired) electrons. The minimum Gasteiger partial charge on any atom is -0.397 e. The van der Waals surface area contributed by atoms with Crippen molar-refractivity contribution in [3.8, 4) is 0 Å². The van der Waals surface area contributed by atoms with E-state index in [9.17, 15) is 0 Å². The molecule has 0 amide bonds. The molecule has 0 spiro atoms. The third-order valence-corrected chi connectivity index (χ3v) is 3.09. The van der Waals surface area contributed by atoms with Gasteiger partial charge in [0.25, 0.3) is 0 Å². The molecule has 2 rings (SSSR count). The molecule has 0 aliphatic rings. The molecule has 0 bridgehead atoms. The van der Waals surface area contributed by atoms with Gasteiger partial charge in [-0.15, -0.1) is 11.8 Å². The number of thioether (sulfide) groups is 1. The smallest absolute Gasteiger partial charge is 0.0964 e. The van der Waals surface area contributed by atoms with Crippen LogP contribution < -0.4 is 5.73 Å². The first kappa shape index (κ1) is 11.0. The molecule has 0 unspecified atom stereocenters. The van der Waals surface area contributed by atoms with Gasteiger partial charge >= 0.3 is 0 Å². The van der Waals surface area contributed by atoms with E-state index >= 15 is 0 Å². The minimum absolute atomic E-state index is 0.696. The monoisotopic (exact) mass is 231 g/mol. The molecule has 0 saturated heterocycles. The predicted octanol–water partition coefficient (Wildman–Crippen LogP) is 2.66. The normalized spacial score (nSPS) is 10.3. The zero-order valence-corrected chi connectivity index (χ0v) is 9.87. The topological polar surface area (TPSA) is 51.8 Å². The van der Waals surface area contributed by atoms with Crippen molar-refractivity contribution in [3.63, 3.8) is 0 Å². The lowest BCUT2D eigenvalue weighted by Gasteiger charge is -2.02. The van der Waals surface area contributed by atoms with Gasteiger partial charge in [0, 0.05) is 18.1 Å². The number of nitrogens with two attached hydrogens (primary N) is 1. The molecule has 0 aromatic carbocycles. The fourth-order valence-electron chi connectivity index (χ4n) is 1.33. The Morgan fingerprint density at radius 1 is 1.25 bits per heavy atom. The summed E-state index contributed by atoms with van der Waals surface area (Å²) in [5.41, 5.74) is 8.66. The molecule has 2 N–H and O–H groups in total. The van der Waals surface area contributed by atoms with Gasteiger partial charge in [-0.25, -0.2) is 4.98 Å². The largest absolute Gasteiger partial charge is 0.397 e. The Balaban J connectivity index is 1.99. The van der Waals surface area contributed by atoms with Crippen LogP contribution in [0.25, 0.3) is 0 Å². The molecular weight excluding hydrogens is 218 g/mol. The Kier molecular flexibility index (Phi) is 3.41. The first-order valence-electron chi connectivity index (χ1n) is 4.99. The van der Waals surface area contributed by atoms with Crippen LogP contribution in [-0.2, 0) is 5.75 Å². The van der Waals surface area contributed by atoms with Gasteiger partial charge in [0.1, 0.15) is 0 Å². The molecule has 3 nitrogen and oxygen atoms in total. The van der Waals surface area contributed by atoms with Crippen molar-refractivity contribution in [2.24, 2.45) is 0 Å². The zero-order valence-electron chi connectivity index (χ0n) is 9.05. The van der Waals surface area contributed by atoms with Gasteiger partial charge in [0.2, 0.25) is 0 Å². The second-order valence-electron chi connectivity index (χ2n) is 3.59. The standard InChI is InChI=1S/C12H13N3S/c1-9-4-10(6-14-5-9)8-16-12-3-2-11(13)7-15-12/h2-7H,8,13H2,1H3. The predicted molar refractivity (Wildman–Crippen MR) is 67.2 cm³/mol. The summed E-state index contributed by atoms with van der Waals surface area (Å²) >= 11 is 1.68. The quantitative estimate of drug-likeness (QED) is 0.825. The van der Waals surface area contributed by atoms with E-state index in [1.807, 2.05) is 31.5 Å². The lowest BCUT2D eigenvalue weighted by molar-refractivity contribution is 1.13. The van der Waals surface area contributed by atoms with Gasteiger partial charge in [-0.05, 0) is 30.2 Å². The summed E-state index contributed by atoms with van der Waals surface area (Å²) in [6, 6.07) is 5.93. The second-order valence-corrected chi connectivity index (χ2v) is 4.58. The van der Waals surface area contributed by atoms with Gasteiger partial charge in [-0.2, -0.15) is 0 Å². The number of anilines is 1. The van der Waals surface area contributed by atoms with Gasteiger partial charge in [0.05, 0.1) is 16.9 Å². The van der Waals surface area contributed by atoms with Gasteiger partial charge < -0.3 is 5.73 Å². The van der Waals surface area contributed by atoms with E-state index in [0.717, 1.165) is 10.8 Å². The Hall–Kier alpha value is -1.55. The molecule has 2 heterocycles. The number of rotatable bonds is 3. The molecule has 2 aromatic rings. The second kappa shape index (κ2) is 4.99. The van der Waals surface area contributed by atoms with Crippen molar-refractivity contribution in [2.45, 2.75) is 17.7 Å². The van der Waals surface area contributed by atoms with E-state index < -0.39 is 0 Å². The van der Waals surface area contributed by atoms with Crippen molar-refractivity contribution >= 4 is 17.4 Å². The molecule has 0 saturated carbocycles. The van der Waals surface area contributed by atoms with Crippen LogP contribution in [0.15, 0.2) is 41.8 Å². The number of hydrogen-bond acceptors (Lipinski definition) is 4. The van der Waals surface area contributed by atoms with Crippen LogP contribution >= 0.6 is 11.8 Å². The maximum atomic E-state index is 5.57. The molecular formula is C12H13N3S. The third-order valence-electron chi connectivity index (χ3n) is 2.08. The molecule has 0 atom stereocenters. The van der Waals surface area contributed by atoms with Crippen molar-refractivity contribution in [1.82, 2.24) is 9.97 Å². The molecule has 82 valence electrons. The number of nitrogen functional groups attached to an aromatic ring is 1. The Labute approximate surface area is 99.1 Å². The van der Waals surface area contributed by atoms with E-state index in [0.29, 0.717) is 5.69 Å². The maximum Gasteiger partial charge on any atom is 0.0964 e. The molecule has 0 aliphatic carbocycles. The lowest BCUT2D eigenvalue weighted by Crippen LogP contribution is -1.88. The number of aryl methyl sites for hydroxylation is 1. The van der Waals surface area contributed by atoms with E-state index in [1.54, 1.807) is 18.0 Å². The van der Waals surface area contributed by atoms with Crippen LogP contribution in [0.3, 0.4) is 0 Å². The summed E-state index contributed by atoms with van der Waals surface area (Å²) in [6.07, 6.45) is 5.42. The van der Waals surface area contributed by atoms with Crippen molar-refractivity contribution < 1.29 is 0 Å². The maximum absolute atomic E-state index is 5.57. The van der Waals surface area contributed by atoms with Gasteiger partial charge in [-0.1, -0.05) is 6.07 Å². The SMILES string of the molecule is Cc1cncc(CSc2ccc(N)cn2)c1. The highest BCUT2D eigenvalue weighted by molar-refractivity contribution is 7.98. The zero-order chi connectivity index (χ0) is 11.4. The fraction of sp³-hybridized carbons (Fsp3) is 0.167. The molecule has 4 heteroatoms. The number of hydrogen-bond donors (Lipinski definition) is 1. The Morgan fingerprint density at radius 2 is 2.12 bits per heavy atom. The van der Waals surface area contributed by atoms with Crippen LogP contribution in [0.4, 0.5) is 5.69 Å². The van der Waals surface area contributed by atoms with Crippen molar-refractivity contribution in [1.29, 1.82) is 0 Å². The highest BCUT2D eigenvalue weighted by Crippen LogP contribution is 2.21. The average Bonchev–Trinajstić information content (AvgIpc) is 2.28. The molecule has 0 fully saturated rings. The van der Waals surface area contributed by atoms with Crippen LogP contribution in [0, 0.1) is 6.92 Å². The van der Waals surface area contributed by atoms with Crippen LogP contribution in [0.2, 0.25) is 0 Å². The summed E-state index contributed by atoms with van der Waals surface area (Å²) in [7, 11) is 0. The highest BCUT2D eigenvalue weighted by Gasteiger charge is 1.98. The van der Waals surface area contributed by atoms with Gasteiger partial charge in [0.15, 0.2) is 0 Å². The Morgan fingerprint density at radius 3 is 2.81 bits per heavy atom. The van der Waals surface area contributed by atoms with Crippen molar-refractivity contribution in [3.05, 3.63) is 47.9 Å². The van der Waals surface area contributed by atoms with Crippen LogP contribution in [0.1, 0.15) is 11.1 Å². The number of aromatic nitrogens is 2. The summed E-state index contributed by atoms with van der Waals surface area (Å²) in [6.45, 7) is 2.04. The first-order valence-corrected chi connectivity index (χ1v) is 5.97. The fourth-order valence-corrected chi connectivity index (χ4v) is 2.09. The number of nitrogens with zero attached hydrogens (tertiary/aromatic N) is 2. The molecule has 0 aliphatic heterocycles. The van der Waals surface area contributed by atoms with Crippen LogP contribution in [0.5, 0.6) is 0 Å². The van der Waals surface area contributed by atoms with E-state index in [4.69, 9.17) is 5.73 Å². The summed E-state index contributed by atoms with van der Waals surface area (Å²) in [5, 5.41) is 0.982. The highest BCUT2D eigenvalue weighted by atomic mass is 32.2. The van der Waals surface area contributed by atoms with E-state index in [-0.39, 0.29) is 0 Å². The first-order chi connectivity index (χ1) is 7.74. The van der Waals surface area contributed by atoms with E-state index in [1.165, 1.54) is 11.1 Å². The van der Waals surface area contributed by atoms with Crippen LogP contribution in [-0.4, -0.2) is 9.97 Å². The summed E-state index contributed by atoms with van der Waals surface area (Å²) < 4.78 is 0. The average molecular weight is 231 g/mol. The summed E-state index contributed by atoms with van der Waals surface area (Å²) in [5.74, 6) is 0.881. The van der Waals surface area contributed by atoms with Crippen molar-refractivity contribution in [2.75, 3.05) is 5.73 Å². The minimum atomic E-state index is 0.696. The molecule has 2 aromatic heterocycles. The van der Waals surface area contributed by atoms with E-state index in [2.05, 4.69) is 16.0 Å². The lowest BCUT2D eigenvalue weighted by atomic mass is 10.2. The molecule has 16 heavy (non-hydrogen) atoms.